The molecule has 0 aromatic heterocycles. The van der Waals surface area contributed by atoms with E-state index in [-0.39, 0.29) is 18.1 Å². The van der Waals surface area contributed by atoms with Crippen molar-refractivity contribution in [1.82, 2.24) is 14.9 Å². The van der Waals surface area contributed by atoms with E-state index < -0.39 is 24.6 Å². The minimum absolute atomic E-state index is 0.0416. The van der Waals surface area contributed by atoms with Crippen molar-refractivity contribution < 1.29 is 16.8 Å². The third-order valence-electron chi connectivity index (χ3n) is 3.66. The summed E-state index contributed by atoms with van der Waals surface area (Å²) in [6.45, 7) is 6.36. The number of nitrogens with zero attached hydrogens (tertiary/aromatic N) is 2. The standard InChI is InChI=1S/C12H26N4O4S2/c1-5-22(19,20)15-7-6-14-11(13-4)16-8-9-21(17,18)12(2,3)10-16/h15H,5-10H2,1-4H3,(H,13,14). The first-order chi connectivity index (χ1) is 10.0. The van der Waals surface area contributed by atoms with Crippen molar-refractivity contribution in [3.05, 3.63) is 0 Å². The molecule has 10 heteroatoms. The number of sulfonamides is 1. The van der Waals surface area contributed by atoms with Crippen molar-refractivity contribution in [2.24, 2.45) is 4.99 Å². The van der Waals surface area contributed by atoms with Crippen LogP contribution in [0.25, 0.3) is 0 Å². The molecule has 8 nitrogen and oxygen atoms in total. The van der Waals surface area contributed by atoms with Crippen LogP contribution in [-0.4, -0.2) is 77.2 Å². The molecule has 0 aromatic carbocycles. The Bertz CT molecular complexity index is 611. The Morgan fingerprint density at radius 3 is 2.45 bits per heavy atom. The zero-order valence-electron chi connectivity index (χ0n) is 13.6. The Kier molecular flexibility index (Phi) is 6.22. The minimum atomic E-state index is -3.21. The van der Waals surface area contributed by atoms with Crippen LogP contribution < -0.4 is 10.0 Å². The summed E-state index contributed by atoms with van der Waals surface area (Å²) < 4.78 is 48.3. The molecule has 1 rings (SSSR count). The predicted molar refractivity (Wildman–Crippen MR) is 88.3 cm³/mol. The first kappa shape index (κ1) is 19.2. The highest BCUT2D eigenvalue weighted by Gasteiger charge is 2.40. The second-order valence-corrected chi connectivity index (χ2v) is 10.6. The van der Waals surface area contributed by atoms with Crippen LogP contribution >= 0.6 is 0 Å². The summed E-state index contributed by atoms with van der Waals surface area (Å²) in [5.41, 5.74) is 0. The van der Waals surface area contributed by atoms with E-state index >= 15 is 0 Å². The van der Waals surface area contributed by atoms with Crippen LogP contribution in [0.3, 0.4) is 0 Å². The molecule has 0 radical (unpaired) electrons. The van der Waals surface area contributed by atoms with Gasteiger partial charge in [-0.2, -0.15) is 0 Å². The van der Waals surface area contributed by atoms with E-state index in [0.29, 0.717) is 25.6 Å². The summed E-state index contributed by atoms with van der Waals surface area (Å²) in [6, 6.07) is 0. The summed E-state index contributed by atoms with van der Waals surface area (Å²) in [5, 5.41) is 3.06. The van der Waals surface area contributed by atoms with Crippen molar-refractivity contribution >= 4 is 25.8 Å². The summed E-state index contributed by atoms with van der Waals surface area (Å²) in [4.78, 5) is 6.02. The number of hydrogen-bond acceptors (Lipinski definition) is 5. The van der Waals surface area contributed by atoms with Crippen LogP contribution in [0.15, 0.2) is 4.99 Å². The zero-order chi connectivity index (χ0) is 17.0. The van der Waals surface area contributed by atoms with Gasteiger partial charge in [0.2, 0.25) is 10.0 Å². The Morgan fingerprint density at radius 1 is 1.32 bits per heavy atom. The smallest absolute Gasteiger partial charge is 0.211 e. The number of hydrogen-bond donors (Lipinski definition) is 2. The van der Waals surface area contributed by atoms with Crippen molar-refractivity contribution in [3.63, 3.8) is 0 Å². The van der Waals surface area contributed by atoms with Gasteiger partial charge in [-0.05, 0) is 20.8 Å². The van der Waals surface area contributed by atoms with Crippen molar-refractivity contribution in [2.45, 2.75) is 25.5 Å². The van der Waals surface area contributed by atoms with Crippen molar-refractivity contribution in [3.8, 4) is 0 Å². The molecular weight excluding hydrogens is 328 g/mol. The third-order valence-corrected chi connectivity index (χ3v) is 7.60. The lowest BCUT2D eigenvalue weighted by molar-refractivity contribution is 0.353. The number of aliphatic imine (C=N–C) groups is 1. The van der Waals surface area contributed by atoms with Crippen molar-refractivity contribution in [2.75, 3.05) is 44.7 Å². The lowest BCUT2D eigenvalue weighted by Gasteiger charge is -2.39. The van der Waals surface area contributed by atoms with Gasteiger partial charge in [-0.15, -0.1) is 0 Å². The van der Waals surface area contributed by atoms with Gasteiger partial charge in [-0.25, -0.2) is 21.6 Å². The Morgan fingerprint density at radius 2 is 1.95 bits per heavy atom. The molecule has 1 fully saturated rings. The monoisotopic (exact) mass is 354 g/mol. The predicted octanol–water partition coefficient (Wildman–Crippen LogP) is -0.990. The molecule has 1 saturated heterocycles. The van der Waals surface area contributed by atoms with Gasteiger partial charge >= 0.3 is 0 Å². The summed E-state index contributed by atoms with van der Waals surface area (Å²) in [6.07, 6.45) is 0. The van der Waals surface area contributed by atoms with Crippen molar-refractivity contribution in [1.29, 1.82) is 0 Å². The van der Waals surface area contributed by atoms with Gasteiger partial charge in [0, 0.05) is 33.2 Å². The fourth-order valence-corrected chi connectivity index (χ4v) is 4.12. The van der Waals surface area contributed by atoms with E-state index in [1.807, 2.05) is 4.90 Å². The van der Waals surface area contributed by atoms with Gasteiger partial charge in [0.15, 0.2) is 15.8 Å². The van der Waals surface area contributed by atoms with E-state index in [1.54, 1.807) is 27.8 Å². The van der Waals surface area contributed by atoms with Gasteiger partial charge in [0.1, 0.15) is 0 Å². The number of nitrogens with one attached hydrogen (secondary N) is 2. The summed E-state index contributed by atoms with van der Waals surface area (Å²) in [7, 11) is -4.69. The molecule has 1 aliphatic heterocycles. The van der Waals surface area contributed by atoms with Crippen LogP contribution in [0.5, 0.6) is 0 Å². The van der Waals surface area contributed by atoms with Crippen LogP contribution in [0, 0.1) is 0 Å². The average Bonchev–Trinajstić information content (AvgIpc) is 2.42. The van der Waals surface area contributed by atoms with Gasteiger partial charge < -0.3 is 10.2 Å². The van der Waals surface area contributed by atoms with E-state index in [1.165, 1.54) is 0 Å². The van der Waals surface area contributed by atoms with Gasteiger partial charge in [-0.1, -0.05) is 0 Å². The Labute approximate surface area is 133 Å². The van der Waals surface area contributed by atoms with Crippen LogP contribution in [-0.2, 0) is 19.9 Å². The summed E-state index contributed by atoms with van der Waals surface area (Å²) in [5.74, 6) is 0.710. The molecule has 0 saturated carbocycles. The zero-order valence-corrected chi connectivity index (χ0v) is 15.2. The molecule has 0 spiro atoms. The van der Waals surface area contributed by atoms with Gasteiger partial charge in [0.25, 0.3) is 0 Å². The Balaban J connectivity index is 2.57. The number of sulfone groups is 1. The fourth-order valence-electron chi connectivity index (χ4n) is 2.14. The topological polar surface area (TPSA) is 108 Å². The maximum atomic E-state index is 12.0. The highest BCUT2D eigenvalue weighted by atomic mass is 32.2. The van der Waals surface area contributed by atoms with E-state index in [9.17, 15) is 16.8 Å². The quantitative estimate of drug-likeness (QED) is 0.373. The van der Waals surface area contributed by atoms with E-state index in [4.69, 9.17) is 0 Å². The molecule has 1 aliphatic rings. The molecule has 1 heterocycles. The number of rotatable bonds is 5. The molecule has 0 aliphatic carbocycles. The number of guanidine groups is 1. The van der Waals surface area contributed by atoms with Crippen LogP contribution in [0.1, 0.15) is 20.8 Å². The molecule has 0 aromatic rings. The molecule has 0 bridgehead atoms. The lowest BCUT2D eigenvalue weighted by Crippen LogP contribution is -2.57. The normalized spacial score (nSPS) is 21.6. The summed E-state index contributed by atoms with van der Waals surface area (Å²) >= 11 is 0. The van der Waals surface area contributed by atoms with Crippen LogP contribution in [0.2, 0.25) is 0 Å². The SMILES string of the molecule is CCS(=O)(=O)NCCNC(=NC)N1CCS(=O)(=O)C(C)(C)C1. The second-order valence-electron chi connectivity index (χ2n) is 5.77. The van der Waals surface area contributed by atoms with Gasteiger partial charge in [-0.3, -0.25) is 4.99 Å². The van der Waals surface area contributed by atoms with Crippen LogP contribution in [0.4, 0.5) is 0 Å². The molecule has 0 atom stereocenters. The highest BCUT2D eigenvalue weighted by Crippen LogP contribution is 2.23. The largest absolute Gasteiger partial charge is 0.355 e. The Hall–Kier alpha value is -0.870. The molecule has 22 heavy (non-hydrogen) atoms. The van der Waals surface area contributed by atoms with Gasteiger partial charge in [0.05, 0.1) is 16.3 Å². The molecule has 0 amide bonds. The minimum Gasteiger partial charge on any atom is -0.355 e. The van der Waals surface area contributed by atoms with E-state index in [0.717, 1.165) is 0 Å². The molecule has 2 N–H and O–H groups in total. The third kappa shape index (κ3) is 4.82. The lowest BCUT2D eigenvalue weighted by atomic mass is 10.2. The fraction of sp³-hybridized carbons (Fsp3) is 0.917. The first-order valence-electron chi connectivity index (χ1n) is 7.20. The van der Waals surface area contributed by atoms with E-state index in [2.05, 4.69) is 15.0 Å². The maximum absolute atomic E-state index is 12.0. The average molecular weight is 354 g/mol. The molecule has 0 unspecified atom stereocenters. The second kappa shape index (κ2) is 7.14. The maximum Gasteiger partial charge on any atom is 0.211 e. The first-order valence-corrected chi connectivity index (χ1v) is 10.5. The molecule has 130 valence electrons. The highest BCUT2D eigenvalue weighted by molar-refractivity contribution is 7.92. The molecular formula is C12H26N4O4S2.